The minimum absolute atomic E-state index is 0.715. The third-order valence-electron chi connectivity index (χ3n) is 3.83. The zero-order chi connectivity index (χ0) is 13.7. The molecule has 1 aliphatic rings. The van der Waals surface area contributed by atoms with Crippen molar-refractivity contribution in [2.45, 2.75) is 19.3 Å². The Labute approximate surface area is 115 Å². The second kappa shape index (κ2) is 6.66. The van der Waals surface area contributed by atoms with Gasteiger partial charge in [-0.15, -0.1) is 0 Å². The van der Waals surface area contributed by atoms with Gasteiger partial charge in [-0.3, -0.25) is 0 Å². The Bertz CT molecular complexity index is 407. The predicted molar refractivity (Wildman–Crippen MR) is 78.2 cm³/mol. The molecule has 1 atom stereocenters. The molecule has 0 aromatic heterocycles. The van der Waals surface area contributed by atoms with Crippen LogP contribution >= 0.6 is 0 Å². The lowest BCUT2D eigenvalue weighted by atomic mass is 9.94. The first-order chi connectivity index (χ1) is 9.28. The van der Waals surface area contributed by atoms with E-state index < -0.39 is 0 Å². The average molecular weight is 264 g/mol. The normalized spacial score (nSPS) is 19.3. The topological polar surface area (TPSA) is 47.7 Å². The Balaban J connectivity index is 2.12. The average Bonchev–Trinajstić information content (AvgIpc) is 2.47. The van der Waals surface area contributed by atoms with E-state index in [-0.39, 0.29) is 0 Å². The number of hydrogen-bond acceptors (Lipinski definition) is 4. The van der Waals surface area contributed by atoms with E-state index in [1.54, 1.807) is 14.2 Å². The summed E-state index contributed by atoms with van der Waals surface area (Å²) in [7, 11) is 3.34. The van der Waals surface area contributed by atoms with Crippen molar-refractivity contribution in [1.29, 1.82) is 0 Å². The van der Waals surface area contributed by atoms with Crippen LogP contribution in [0.3, 0.4) is 0 Å². The second-order valence-corrected chi connectivity index (χ2v) is 5.07. The first kappa shape index (κ1) is 14.0. The summed E-state index contributed by atoms with van der Waals surface area (Å²) in [5, 5.41) is 0. The van der Waals surface area contributed by atoms with Crippen LogP contribution in [0.4, 0.5) is 5.69 Å². The van der Waals surface area contributed by atoms with E-state index in [0.29, 0.717) is 5.92 Å². The molecule has 4 heteroatoms. The summed E-state index contributed by atoms with van der Waals surface area (Å²) in [5.41, 5.74) is 6.88. The number of anilines is 1. The Hall–Kier alpha value is -1.42. The van der Waals surface area contributed by atoms with Crippen molar-refractivity contribution < 1.29 is 9.47 Å². The number of benzene rings is 1. The van der Waals surface area contributed by atoms with Gasteiger partial charge in [-0.1, -0.05) is 0 Å². The second-order valence-electron chi connectivity index (χ2n) is 5.07. The summed E-state index contributed by atoms with van der Waals surface area (Å²) in [6.07, 6.45) is 3.64. The van der Waals surface area contributed by atoms with Crippen molar-refractivity contribution in [3.05, 3.63) is 18.2 Å². The molecule has 4 nitrogen and oxygen atoms in total. The van der Waals surface area contributed by atoms with Crippen molar-refractivity contribution in [2.24, 2.45) is 11.7 Å². The van der Waals surface area contributed by atoms with Crippen LogP contribution < -0.4 is 20.1 Å². The summed E-state index contributed by atoms with van der Waals surface area (Å²) in [6, 6.07) is 6.14. The van der Waals surface area contributed by atoms with Gasteiger partial charge < -0.3 is 20.1 Å². The first-order valence-corrected chi connectivity index (χ1v) is 6.95. The minimum atomic E-state index is 0.715. The molecular weight excluding hydrogens is 240 g/mol. The highest BCUT2D eigenvalue weighted by molar-refractivity contribution is 5.56. The molecule has 0 aliphatic carbocycles. The molecule has 0 bridgehead atoms. The molecule has 1 saturated heterocycles. The van der Waals surface area contributed by atoms with Crippen molar-refractivity contribution in [3.8, 4) is 11.5 Å². The molecule has 106 valence electrons. The van der Waals surface area contributed by atoms with Gasteiger partial charge in [0.1, 0.15) is 0 Å². The summed E-state index contributed by atoms with van der Waals surface area (Å²) >= 11 is 0. The standard InChI is InChI=1S/C15H24N2O2/c1-18-14-6-5-13(10-15(14)19-2)17-9-3-4-12(11-17)7-8-16/h5-6,10,12H,3-4,7-9,11,16H2,1-2H3. The maximum atomic E-state index is 5.67. The van der Waals surface area contributed by atoms with E-state index in [1.165, 1.54) is 18.5 Å². The largest absolute Gasteiger partial charge is 0.493 e. The highest BCUT2D eigenvalue weighted by atomic mass is 16.5. The van der Waals surface area contributed by atoms with Crippen LogP contribution in [0.1, 0.15) is 19.3 Å². The van der Waals surface area contributed by atoms with Gasteiger partial charge in [0, 0.05) is 24.8 Å². The number of piperidine rings is 1. The zero-order valence-corrected chi connectivity index (χ0v) is 11.9. The fraction of sp³-hybridized carbons (Fsp3) is 0.600. The third-order valence-corrected chi connectivity index (χ3v) is 3.83. The molecule has 0 amide bonds. The van der Waals surface area contributed by atoms with E-state index in [0.717, 1.165) is 37.6 Å². The quantitative estimate of drug-likeness (QED) is 0.886. The van der Waals surface area contributed by atoms with Crippen LogP contribution in [-0.4, -0.2) is 33.9 Å². The third kappa shape index (κ3) is 3.32. The molecule has 2 N–H and O–H groups in total. The van der Waals surface area contributed by atoms with Crippen LogP contribution in [0.2, 0.25) is 0 Å². The number of ether oxygens (including phenoxy) is 2. The highest BCUT2D eigenvalue weighted by Crippen LogP contribution is 2.33. The fourth-order valence-electron chi connectivity index (χ4n) is 2.79. The number of methoxy groups -OCH3 is 2. The molecule has 0 spiro atoms. The van der Waals surface area contributed by atoms with Gasteiger partial charge in [-0.2, -0.15) is 0 Å². The Morgan fingerprint density at radius 1 is 1.26 bits per heavy atom. The lowest BCUT2D eigenvalue weighted by molar-refractivity contribution is 0.354. The van der Waals surface area contributed by atoms with Crippen LogP contribution in [0.25, 0.3) is 0 Å². The van der Waals surface area contributed by atoms with E-state index in [9.17, 15) is 0 Å². The smallest absolute Gasteiger partial charge is 0.162 e. The number of nitrogens with zero attached hydrogens (tertiary/aromatic N) is 1. The molecule has 2 rings (SSSR count). The summed E-state index contributed by atoms with van der Waals surface area (Å²) < 4.78 is 10.6. The van der Waals surface area contributed by atoms with Crippen LogP contribution in [-0.2, 0) is 0 Å². The van der Waals surface area contributed by atoms with Crippen molar-refractivity contribution in [1.82, 2.24) is 0 Å². The molecular formula is C15H24N2O2. The SMILES string of the molecule is COc1ccc(N2CCCC(CCN)C2)cc1OC. The monoisotopic (exact) mass is 264 g/mol. The summed E-state index contributed by atoms with van der Waals surface area (Å²) in [6.45, 7) is 2.98. The zero-order valence-electron chi connectivity index (χ0n) is 11.9. The number of rotatable bonds is 5. The lowest BCUT2D eigenvalue weighted by Gasteiger charge is -2.34. The fourth-order valence-corrected chi connectivity index (χ4v) is 2.79. The molecule has 1 fully saturated rings. The maximum Gasteiger partial charge on any atom is 0.162 e. The van der Waals surface area contributed by atoms with Crippen LogP contribution in [0.15, 0.2) is 18.2 Å². The molecule has 0 saturated carbocycles. The molecule has 0 radical (unpaired) electrons. The van der Waals surface area contributed by atoms with Gasteiger partial charge >= 0.3 is 0 Å². The maximum absolute atomic E-state index is 5.67. The summed E-state index contributed by atoms with van der Waals surface area (Å²) in [4.78, 5) is 2.42. The van der Waals surface area contributed by atoms with Crippen molar-refractivity contribution >= 4 is 5.69 Å². The van der Waals surface area contributed by atoms with Crippen molar-refractivity contribution in [2.75, 3.05) is 38.8 Å². The molecule has 1 aromatic rings. The first-order valence-electron chi connectivity index (χ1n) is 6.95. The van der Waals surface area contributed by atoms with Crippen molar-refractivity contribution in [3.63, 3.8) is 0 Å². The molecule has 19 heavy (non-hydrogen) atoms. The predicted octanol–water partition coefficient (Wildman–Crippen LogP) is 2.27. The van der Waals surface area contributed by atoms with Gasteiger partial charge in [-0.25, -0.2) is 0 Å². The van der Waals surface area contributed by atoms with E-state index in [1.807, 2.05) is 6.07 Å². The van der Waals surface area contributed by atoms with Gasteiger partial charge in [-0.05, 0) is 43.9 Å². The lowest BCUT2D eigenvalue weighted by Crippen LogP contribution is -2.36. The van der Waals surface area contributed by atoms with E-state index in [2.05, 4.69) is 17.0 Å². The number of hydrogen-bond donors (Lipinski definition) is 1. The van der Waals surface area contributed by atoms with Gasteiger partial charge in [0.25, 0.3) is 0 Å². The van der Waals surface area contributed by atoms with E-state index in [4.69, 9.17) is 15.2 Å². The van der Waals surface area contributed by atoms with Crippen LogP contribution in [0, 0.1) is 5.92 Å². The highest BCUT2D eigenvalue weighted by Gasteiger charge is 2.20. The van der Waals surface area contributed by atoms with Crippen LogP contribution in [0.5, 0.6) is 11.5 Å². The molecule has 1 unspecified atom stereocenters. The molecule has 1 heterocycles. The molecule has 1 aromatic carbocycles. The van der Waals surface area contributed by atoms with Gasteiger partial charge in [0.15, 0.2) is 11.5 Å². The minimum Gasteiger partial charge on any atom is -0.493 e. The van der Waals surface area contributed by atoms with Gasteiger partial charge in [0.2, 0.25) is 0 Å². The Morgan fingerprint density at radius 2 is 2.05 bits per heavy atom. The Kier molecular flexibility index (Phi) is 4.91. The van der Waals surface area contributed by atoms with E-state index >= 15 is 0 Å². The van der Waals surface area contributed by atoms with Gasteiger partial charge in [0.05, 0.1) is 14.2 Å². The Morgan fingerprint density at radius 3 is 2.74 bits per heavy atom. The summed E-state index contributed by atoms with van der Waals surface area (Å²) in [5.74, 6) is 2.29. The molecule has 1 aliphatic heterocycles. The number of nitrogens with two attached hydrogens (primary N) is 1.